The highest BCUT2D eigenvalue weighted by molar-refractivity contribution is 8.27. The van der Waals surface area contributed by atoms with E-state index >= 15 is 0 Å². The number of thioether (sulfide) groups is 1. The first-order valence-corrected chi connectivity index (χ1v) is 13.0. The number of rotatable bonds is 5. The second-order valence-electron chi connectivity index (χ2n) is 9.30. The average molecular weight is 496 g/mol. The molecule has 2 aromatic carbocycles. The lowest BCUT2D eigenvalue weighted by atomic mass is 9.98. The molecule has 2 aliphatic rings. The number of amidine groups is 2. The monoisotopic (exact) mass is 495 g/mol. The van der Waals surface area contributed by atoms with Crippen LogP contribution < -0.4 is 0 Å². The summed E-state index contributed by atoms with van der Waals surface area (Å²) in [6, 6.07) is 18.7. The number of carbonyl (C=O) groups excluding carboxylic acids is 1. The molecule has 0 radical (unpaired) electrons. The maximum Gasteiger partial charge on any atom is 0.283 e. The summed E-state index contributed by atoms with van der Waals surface area (Å²) in [6.07, 6.45) is 2.87. The summed E-state index contributed by atoms with van der Waals surface area (Å²) < 4.78 is 2.18. The SMILES string of the molecule is CC[C@@H](C)c1ccc(-n2c(C)cc(/C=C3/C(=N)N4N=C(c5ccccc5C)SC4=NC3=O)c2C)cc1. The Labute approximate surface area is 215 Å². The summed E-state index contributed by atoms with van der Waals surface area (Å²) in [7, 11) is 0. The average Bonchev–Trinajstić information content (AvgIpc) is 3.41. The van der Waals surface area contributed by atoms with Gasteiger partial charge in [0.1, 0.15) is 5.04 Å². The first-order chi connectivity index (χ1) is 17.3. The van der Waals surface area contributed by atoms with Crippen molar-refractivity contribution in [2.45, 2.75) is 47.0 Å². The van der Waals surface area contributed by atoms with Crippen molar-refractivity contribution in [1.82, 2.24) is 9.58 Å². The second kappa shape index (κ2) is 9.39. The van der Waals surface area contributed by atoms with Gasteiger partial charge in [-0.2, -0.15) is 15.1 Å². The minimum Gasteiger partial charge on any atom is -0.318 e. The number of aromatic nitrogens is 1. The van der Waals surface area contributed by atoms with Crippen LogP contribution in [0.3, 0.4) is 0 Å². The van der Waals surface area contributed by atoms with Gasteiger partial charge in [-0.15, -0.1) is 0 Å². The van der Waals surface area contributed by atoms with Crippen molar-refractivity contribution in [3.63, 3.8) is 0 Å². The van der Waals surface area contributed by atoms with Gasteiger partial charge in [-0.3, -0.25) is 10.2 Å². The van der Waals surface area contributed by atoms with Crippen LogP contribution in [0.25, 0.3) is 11.8 Å². The van der Waals surface area contributed by atoms with E-state index in [2.05, 4.69) is 59.7 Å². The lowest BCUT2D eigenvalue weighted by molar-refractivity contribution is -0.114. The molecule has 5 rings (SSSR count). The van der Waals surface area contributed by atoms with Crippen LogP contribution in [0.2, 0.25) is 0 Å². The van der Waals surface area contributed by atoms with Crippen molar-refractivity contribution in [2.75, 3.05) is 0 Å². The number of nitrogens with one attached hydrogen (secondary N) is 1. The number of hydrogen-bond donors (Lipinski definition) is 1. The van der Waals surface area contributed by atoms with Crippen LogP contribution in [0, 0.1) is 26.2 Å². The molecule has 182 valence electrons. The third-order valence-electron chi connectivity index (χ3n) is 6.93. The number of nitrogens with zero attached hydrogens (tertiary/aromatic N) is 4. The van der Waals surface area contributed by atoms with Crippen molar-refractivity contribution < 1.29 is 4.79 Å². The number of hydrogen-bond acceptors (Lipinski definition) is 4. The second-order valence-corrected chi connectivity index (χ2v) is 10.3. The Morgan fingerprint density at radius 1 is 1.08 bits per heavy atom. The molecule has 0 spiro atoms. The molecule has 0 bridgehead atoms. The van der Waals surface area contributed by atoms with E-state index in [1.54, 1.807) is 6.08 Å². The van der Waals surface area contributed by atoms with E-state index in [1.807, 2.05) is 44.2 Å². The van der Waals surface area contributed by atoms with Gasteiger partial charge in [0.15, 0.2) is 5.84 Å². The molecule has 1 aromatic heterocycles. The summed E-state index contributed by atoms with van der Waals surface area (Å²) in [5, 5.41) is 16.0. The number of benzene rings is 2. The maximum absolute atomic E-state index is 13.0. The van der Waals surface area contributed by atoms with E-state index in [1.165, 1.54) is 22.3 Å². The van der Waals surface area contributed by atoms with E-state index in [0.717, 1.165) is 45.2 Å². The Hall–Kier alpha value is -3.71. The Kier molecular flexibility index (Phi) is 6.26. The van der Waals surface area contributed by atoms with Crippen molar-refractivity contribution in [3.8, 4) is 5.69 Å². The highest BCUT2D eigenvalue weighted by Crippen LogP contribution is 2.33. The molecular formula is C29H29N5OS. The molecule has 36 heavy (non-hydrogen) atoms. The highest BCUT2D eigenvalue weighted by atomic mass is 32.2. The molecule has 2 aliphatic heterocycles. The van der Waals surface area contributed by atoms with Gasteiger partial charge in [0.2, 0.25) is 5.17 Å². The van der Waals surface area contributed by atoms with E-state index in [9.17, 15) is 4.79 Å². The van der Waals surface area contributed by atoms with Crippen LogP contribution in [0.5, 0.6) is 0 Å². The number of amides is 1. The quantitative estimate of drug-likeness (QED) is 0.406. The summed E-state index contributed by atoms with van der Waals surface area (Å²) in [5.41, 5.74) is 7.67. The number of carbonyl (C=O) groups is 1. The number of hydrazone groups is 1. The molecular weight excluding hydrogens is 466 g/mol. The minimum absolute atomic E-state index is 0.0452. The fourth-order valence-electron chi connectivity index (χ4n) is 4.59. The summed E-state index contributed by atoms with van der Waals surface area (Å²) in [6.45, 7) is 10.5. The van der Waals surface area contributed by atoms with Crippen LogP contribution in [-0.2, 0) is 4.79 Å². The van der Waals surface area contributed by atoms with E-state index in [0.29, 0.717) is 11.1 Å². The Morgan fingerprint density at radius 3 is 2.50 bits per heavy atom. The smallest absolute Gasteiger partial charge is 0.283 e. The maximum atomic E-state index is 13.0. The van der Waals surface area contributed by atoms with Gasteiger partial charge in [-0.05, 0) is 85.8 Å². The molecule has 0 fully saturated rings. The topological polar surface area (TPSA) is 73.8 Å². The van der Waals surface area contributed by atoms with Gasteiger partial charge >= 0.3 is 0 Å². The Balaban J connectivity index is 1.48. The zero-order valence-electron chi connectivity index (χ0n) is 21.2. The largest absolute Gasteiger partial charge is 0.318 e. The van der Waals surface area contributed by atoms with Crippen molar-refractivity contribution in [2.24, 2.45) is 10.1 Å². The van der Waals surface area contributed by atoms with Gasteiger partial charge in [0.05, 0.1) is 5.57 Å². The molecule has 0 unspecified atom stereocenters. The normalized spacial score (nSPS) is 17.4. The molecule has 3 aromatic rings. The lowest BCUT2D eigenvalue weighted by Crippen LogP contribution is -2.35. The summed E-state index contributed by atoms with van der Waals surface area (Å²) in [4.78, 5) is 17.2. The first-order valence-electron chi connectivity index (χ1n) is 12.1. The summed E-state index contributed by atoms with van der Waals surface area (Å²) in [5.74, 6) is 0.157. The number of fused-ring (bicyclic) bond motifs is 1. The Bertz CT molecular complexity index is 1480. The van der Waals surface area contributed by atoms with Gasteiger partial charge in [-0.1, -0.05) is 50.2 Å². The predicted molar refractivity (Wildman–Crippen MR) is 149 cm³/mol. The highest BCUT2D eigenvalue weighted by Gasteiger charge is 2.36. The lowest BCUT2D eigenvalue weighted by Gasteiger charge is -2.20. The molecule has 0 aliphatic carbocycles. The minimum atomic E-state index is -0.414. The molecule has 6 nitrogen and oxygen atoms in total. The van der Waals surface area contributed by atoms with Crippen molar-refractivity contribution in [1.29, 1.82) is 5.41 Å². The third kappa shape index (κ3) is 4.13. The van der Waals surface area contributed by atoms with Crippen LogP contribution in [0.15, 0.2) is 70.3 Å². The van der Waals surface area contributed by atoms with E-state index in [4.69, 9.17) is 5.41 Å². The molecule has 1 N–H and O–H groups in total. The van der Waals surface area contributed by atoms with Crippen LogP contribution in [0.1, 0.15) is 59.8 Å². The van der Waals surface area contributed by atoms with Crippen molar-refractivity contribution >= 4 is 39.8 Å². The number of aryl methyl sites for hydroxylation is 2. The van der Waals surface area contributed by atoms with E-state index in [-0.39, 0.29) is 11.4 Å². The number of aliphatic imine (C=N–C) groups is 1. The van der Waals surface area contributed by atoms with Gasteiger partial charge in [0.25, 0.3) is 5.91 Å². The zero-order valence-corrected chi connectivity index (χ0v) is 22.0. The van der Waals surface area contributed by atoms with Crippen molar-refractivity contribution in [3.05, 3.63) is 93.8 Å². The molecule has 1 amide bonds. The third-order valence-corrected chi connectivity index (χ3v) is 7.87. The summed E-state index contributed by atoms with van der Waals surface area (Å²) >= 11 is 1.32. The van der Waals surface area contributed by atoms with Crippen LogP contribution in [-0.4, -0.2) is 31.5 Å². The first kappa shape index (κ1) is 24.0. The molecule has 7 heteroatoms. The fraction of sp³-hybridized carbons (Fsp3) is 0.241. The zero-order chi connectivity index (χ0) is 25.6. The molecule has 3 heterocycles. The molecule has 1 atom stereocenters. The van der Waals surface area contributed by atoms with Gasteiger partial charge in [-0.25, -0.2) is 0 Å². The van der Waals surface area contributed by atoms with Gasteiger partial charge in [0, 0.05) is 22.6 Å². The predicted octanol–water partition coefficient (Wildman–Crippen LogP) is 6.58. The Morgan fingerprint density at radius 2 is 1.81 bits per heavy atom. The van der Waals surface area contributed by atoms with Crippen LogP contribution >= 0.6 is 11.8 Å². The van der Waals surface area contributed by atoms with Gasteiger partial charge < -0.3 is 4.57 Å². The van der Waals surface area contributed by atoms with Crippen LogP contribution in [0.4, 0.5) is 0 Å². The standard InChI is InChI=1S/C29H29N5OS/c1-6-17(2)21-11-13-23(14-12-21)33-19(4)15-22(20(33)5)16-25-26(30)34-29(31-27(25)35)36-28(32-34)24-10-8-7-9-18(24)3/h7-17,30H,6H2,1-5H3/b25-16-,30-26?/t17-/m1/s1. The van der Waals surface area contributed by atoms with E-state index < -0.39 is 5.91 Å². The molecule has 0 saturated heterocycles. The molecule has 0 saturated carbocycles. The fourth-order valence-corrected chi connectivity index (χ4v) is 5.57.